The van der Waals surface area contributed by atoms with Gasteiger partial charge in [-0.1, -0.05) is 6.07 Å². The second-order valence-corrected chi connectivity index (χ2v) is 7.89. The molecule has 0 amide bonds. The molecule has 1 unspecified atom stereocenters. The molecule has 3 aromatic rings. The summed E-state index contributed by atoms with van der Waals surface area (Å²) in [5.74, 6) is 1.90. The quantitative estimate of drug-likeness (QED) is 0.759. The smallest absolute Gasteiger partial charge is 0.138 e. The highest BCUT2D eigenvalue weighted by Crippen LogP contribution is 2.32. The van der Waals surface area contributed by atoms with E-state index >= 15 is 0 Å². The first-order valence-electron chi connectivity index (χ1n) is 8.88. The number of fused-ring (bicyclic) bond motifs is 1. The van der Waals surface area contributed by atoms with E-state index in [0.717, 1.165) is 47.1 Å². The Morgan fingerprint density at radius 1 is 1.27 bits per heavy atom. The van der Waals surface area contributed by atoms with Crippen LogP contribution >= 0.6 is 11.3 Å². The molecular weight excluding hydrogens is 346 g/mol. The molecular formula is C19H23N5OS. The third-order valence-electron chi connectivity index (χ3n) is 4.80. The Morgan fingerprint density at radius 3 is 2.92 bits per heavy atom. The predicted octanol–water partition coefficient (Wildman–Crippen LogP) is 3.54. The van der Waals surface area contributed by atoms with Crippen molar-refractivity contribution in [3.63, 3.8) is 0 Å². The number of nitrogens with zero attached hydrogens (tertiary/aromatic N) is 4. The molecule has 1 fully saturated rings. The molecule has 0 spiro atoms. The van der Waals surface area contributed by atoms with Crippen molar-refractivity contribution in [2.45, 2.75) is 33.4 Å². The van der Waals surface area contributed by atoms with Gasteiger partial charge >= 0.3 is 0 Å². The van der Waals surface area contributed by atoms with Crippen LogP contribution in [0.15, 0.2) is 24.7 Å². The molecule has 1 aliphatic heterocycles. The number of aromatic nitrogens is 3. The van der Waals surface area contributed by atoms with Gasteiger partial charge in [0.05, 0.1) is 18.1 Å². The van der Waals surface area contributed by atoms with Crippen molar-refractivity contribution in [2.75, 3.05) is 29.9 Å². The van der Waals surface area contributed by atoms with Gasteiger partial charge in [-0.15, -0.1) is 11.3 Å². The molecule has 0 saturated carbocycles. The zero-order chi connectivity index (χ0) is 18.1. The lowest BCUT2D eigenvalue weighted by Gasteiger charge is -2.32. The minimum absolute atomic E-state index is 0.254. The number of hydrogen-bond donors (Lipinski definition) is 1. The topological polar surface area (TPSA) is 63.2 Å². The Kier molecular flexibility index (Phi) is 4.74. The van der Waals surface area contributed by atoms with Crippen molar-refractivity contribution in [2.24, 2.45) is 0 Å². The van der Waals surface area contributed by atoms with Crippen molar-refractivity contribution in [1.29, 1.82) is 0 Å². The van der Waals surface area contributed by atoms with E-state index in [0.29, 0.717) is 6.54 Å². The first kappa shape index (κ1) is 17.2. The van der Waals surface area contributed by atoms with Crippen molar-refractivity contribution in [1.82, 2.24) is 15.0 Å². The Hall–Kier alpha value is -2.25. The molecule has 0 aromatic carbocycles. The molecule has 0 bridgehead atoms. The number of ether oxygens (including phenoxy) is 1. The number of pyridine rings is 1. The summed E-state index contributed by atoms with van der Waals surface area (Å²) in [6.45, 7) is 9.58. The Morgan fingerprint density at radius 2 is 2.15 bits per heavy atom. The number of hydrogen-bond acceptors (Lipinski definition) is 7. The Bertz CT molecular complexity index is 908. The third kappa shape index (κ3) is 3.37. The van der Waals surface area contributed by atoms with Crippen LogP contribution in [0.3, 0.4) is 0 Å². The maximum Gasteiger partial charge on any atom is 0.138 e. The normalized spacial score (nSPS) is 17.7. The van der Waals surface area contributed by atoms with E-state index in [2.05, 4.69) is 58.1 Å². The van der Waals surface area contributed by atoms with E-state index in [1.54, 1.807) is 17.7 Å². The molecule has 1 aliphatic rings. The lowest BCUT2D eigenvalue weighted by Crippen LogP contribution is -2.41. The van der Waals surface area contributed by atoms with Crippen molar-refractivity contribution >= 4 is 33.2 Å². The van der Waals surface area contributed by atoms with Gasteiger partial charge in [0.25, 0.3) is 0 Å². The third-order valence-corrected chi connectivity index (χ3v) is 5.91. The van der Waals surface area contributed by atoms with Crippen molar-refractivity contribution in [3.05, 3.63) is 40.7 Å². The van der Waals surface area contributed by atoms with Crippen LogP contribution in [0, 0.1) is 13.8 Å². The second kappa shape index (κ2) is 7.17. The summed E-state index contributed by atoms with van der Waals surface area (Å²) in [6.07, 6.45) is 3.82. The molecule has 6 nitrogen and oxygen atoms in total. The lowest BCUT2D eigenvalue weighted by atomic mass is 10.2. The maximum absolute atomic E-state index is 5.60. The van der Waals surface area contributed by atoms with Gasteiger partial charge in [-0.3, -0.25) is 0 Å². The summed E-state index contributed by atoms with van der Waals surface area (Å²) in [7, 11) is 0. The Balaban J connectivity index is 1.47. The van der Waals surface area contributed by atoms with Crippen molar-refractivity contribution in [3.8, 4) is 0 Å². The minimum atomic E-state index is 0.254. The number of aryl methyl sites for hydroxylation is 2. The van der Waals surface area contributed by atoms with Crippen LogP contribution in [0.1, 0.15) is 22.9 Å². The van der Waals surface area contributed by atoms with E-state index in [1.165, 1.54) is 10.4 Å². The molecule has 1 saturated heterocycles. The number of morpholine rings is 1. The van der Waals surface area contributed by atoms with E-state index in [1.807, 2.05) is 6.20 Å². The van der Waals surface area contributed by atoms with Crippen molar-refractivity contribution < 1.29 is 4.74 Å². The van der Waals surface area contributed by atoms with Crippen LogP contribution in [-0.2, 0) is 11.3 Å². The van der Waals surface area contributed by atoms with E-state index in [9.17, 15) is 0 Å². The Labute approximate surface area is 157 Å². The standard InChI is InChI=1S/C19H23N5OS/c1-12-10-24(6-7-25-12)16-5-4-15(8-20-16)9-21-18-17-13(2)14(3)26-19(17)23-11-22-18/h4-5,8,11-12H,6-7,9-10H2,1-3H3,(H,21,22,23). The fourth-order valence-electron chi connectivity index (χ4n) is 3.24. The van der Waals surface area contributed by atoms with Gasteiger partial charge in [0, 0.05) is 30.7 Å². The van der Waals surface area contributed by atoms with Gasteiger partial charge < -0.3 is 15.0 Å². The number of thiophene rings is 1. The van der Waals surface area contributed by atoms with Crippen LogP contribution in [0.5, 0.6) is 0 Å². The first-order chi connectivity index (χ1) is 12.6. The lowest BCUT2D eigenvalue weighted by molar-refractivity contribution is 0.0529. The average molecular weight is 369 g/mol. The highest BCUT2D eigenvalue weighted by molar-refractivity contribution is 7.18. The van der Waals surface area contributed by atoms with E-state index in [4.69, 9.17) is 4.74 Å². The van der Waals surface area contributed by atoms with Gasteiger partial charge in [-0.2, -0.15) is 0 Å². The second-order valence-electron chi connectivity index (χ2n) is 6.69. The zero-order valence-electron chi connectivity index (χ0n) is 15.3. The molecule has 4 heterocycles. The molecule has 0 radical (unpaired) electrons. The van der Waals surface area contributed by atoms with Crippen LogP contribution in [0.25, 0.3) is 10.2 Å². The summed E-state index contributed by atoms with van der Waals surface area (Å²) >= 11 is 1.71. The highest BCUT2D eigenvalue weighted by Gasteiger charge is 2.17. The monoisotopic (exact) mass is 369 g/mol. The number of anilines is 2. The van der Waals surface area contributed by atoms with Gasteiger partial charge in [0.2, 0.25) is 0 Å². The molecule has 3 aromatic heterocycles. The zero-order valence-corrected chi connectivity index (χ0v) is 16.1. The molecule has 1 atom stereocenters. The summed E-state index contributed by atoms with van der Waals surface area (Å²) in [6, 6.07) is 4.21. The summed E-state index contributed by atoms with van der Waals surface area (Å²) in [5, 5.41) is 4.57. The van der Waals surface area contributed by atoms with Gasteiger partial charge in [0.1, 0.15) is 22.8 Å². The first-order valence-corrected chi connectivity index (χ1v) is 9.69. The van der Waals surface area contributed by atoms with E-state index in [-0.39, 0.29) is 6.10 Å². The van der Waals surface area contributed by atoms with Crippen LogP contribution in [-0.4, -0.2) is 40.8 Å². The van der Waals surface area contributed by atoms with Gasteiger partial charge in [0.15, 0.2) is 0 Å². The molecule has 1 N–H and O–H groups in total. The molecule has 136 valence electrons. The molecule has 26 heavy (non-hydrogen) atoms. The van der Waals surface area contributed by atoms with E-state index < -0.39 is 0 Å². The van der Waals surface area contributed by atoms with Crippen LogP contribution in [0.2, 0.25) is 0 Å². The van der Waals surface area contributed by atoms with Crippen LogP contribution in [0.4, 0.5) is 11.6 Å². The highest BCUT2D eigenvalue weighted by atomic mass is 32.1. The average Bonchev–Trinajstić information content (AvgIpc) is 2.95. The SMILES string of the molecule is Cc1sc2ncnc(NCc3ccc(N4CCOC(C)C4)nc3)c2c1C. The summed E-state index contributed by atoms with van der Waals surface area (Å²) in [4.78, 5) is 18.1. The molecule has 0 aliphatic carbocycles. The predicted molar refractivity (Wildman–Crippen MR) is 106 cm³/mol. The number of nitrogens with one attached hydrogen (secondary N) is 1. The number of rotatable bonds is 4. The van der Waals surface area contributed by atoms with Gasteiger partial charge in [-0.05, 0) is 38.0 Å². The summed E-state index contributed by atoms with van der Waals surface area (Å²) in [5.41, 5.74) is 2.38. The van der Waals surface area contributed by atoms with Gasteiger partial charge in [-0.25, -0.2) is 15.0 Å². The fraction of sp³-hybridized carbons (Fsp3) is 0.421. The minimum Gasteiger partial charge on any atom is -0.375 e. The molecule has 7 heteroatoms. The van der Waals surface area contributed by atoms with Crippen LogP contribution < -0.4 is 10.2 Å². The summed E-state index contributed by atoms with van der Waals surface area (Å²) < 4.78 is 5.60. The molecule has 4 rings (SSSR count). The maximum atomic E-state index is 5.60. The largest absolute Gasteiger partial charge is 0.375 e. The fourth-order valence-corrected chi connectivity index (χ4v) is 4.23.